The van der Waals surface area contributed by atoms with E-state index in [1.54, 1.807) is 12.1 Å². The molecular formula is C24H21FN4OS. The number of nitrogens with zero attached hydrogens (tertiary/aromatic N) is 3. The van der Waals surface area contributed by atoms with Crippen LogP contribution in [0.4, 0.5) is 10.1 Å². The molecule has 156 valence electrons. The SMILES string of the molecule is CCc1ccc(-n2c(SCC(=O)Nc3ccccc3F)nnc2-c2ccccc2)cc1. The Morgan fingerprint density at radius 3 is 2.39 bits per heavy atom. The Kier molecular flexibility index (Phi) is 6.43. The second-order valence-corrected chi connectivity index (χ2v) is 7.79. The largest absolute Gasteiger partial charge is 0.323 e. The molecule has 0 fully saturated rings. The van der Waals surface area contributed by atoms with E-state index >= 15 is 0 Å². The van der Waals surface area contributed by atoms with Crippen LogP contribution in [0.5, 0.6) is 0 Å². The molecular weight excluding hydrogens is 411 g/mol. The van der Waals surface area contributed by atoms with Crippen molar-refractivity contribution in [1.29, 1.82) is 0 Å². The lowest BCUT2D eigenvalue weighted by Crippen LogP contribution is -2.15. The van der Waals surface area contributed by atoms with Crippen LogP contribution in [0.1, 0.15) is 12.5 Å². The van der Waals surface area contributed by atoms with Gasteiger partial charge < -0.3 is 5.32 Å². The molecule has 7 heteroatoms. The van der Waals surface area contributed by atoms with E-state index in [0.717, 1.165) is 17.7 Å². The van der Waals surface area contributed by atoms with Crippen LogP contribution in [-0.4, -0.2) is 26.4 Å². The Morgan fingerprint density at radius 1 is 0.968 bits per heavy atom. The van der Waals surface area contributed by atoms with Gasteiger partial charge in [0.1, 0.15) is 5.82 Å². The Bertz CT molecular complexity index is 1180. The van der Waals surface area contributed by atoms with Crippen LogP contribution in [0.3, 0.4) is 0 Å². The molecule has 4 rings (SSSR count). The normalized spacial score (nSPS) is 10.8. The van der Waals surface area contributed by atoms with Crippen molar-refractivity contribution in [3.05, 3.63) is 90.2 Å². The Morgan fingerprint density at radius 2 is 1.68 bits per heavy atom. The number of aromatic nitrogens is 3. The summed E-state index contributed by atoms with van der Waals surface area (Å²) < 4.78 is 15.7. The maximum Gasteiger partial charge on any atom is 0.234 e. The number of hydrogen-bond acceptors (Lipinski definition) is 4. The molecule has 0 saturated heterocycles. The molecule has 0 spiro atoms. The van der Waals surface area contributed by atoms with E-state index in [1.165, 1.54) is 29.5 Å². The van der Waals surface area contributed by atoms with Crippen molar-refractivity contribution in [2.75, 3.05) is 11.1 Å². The van der Waals surface area contributed by atoms with Crippen molar-refractivity contribution in [2.45, 2.75) is 18.5 Å². The summed E-state index contributed by atoms with van der Waals surface area (Å²) >= 11 is 1.26. The van der Waals surface area contributed by atoms with E-state index in [-0.39, 0.29) is 17.3 Å². The first-order valence-electron chi connectivity index (χ1n) is 9.93. The quantitative estimate of drug-likeness (QED) is 0.399. The van der Waals surface area contributed by atoms with Crippen LogP contribution in [0.25, 0.3) is 17.1 Å². The maximum atomic E-state index is 13.8. The van der Waals surface area contributed by atoms with Crippen LogP contribution in [-0.2, 0) is 11.2 Å². The second kappa shape index (κ2) is 9.57. The standard InChI is InChI=1S/C24H21FN4OS/c1-2-17-12-14-19(15-13-17)29-23(18-8-4-3-5-9-18)27-28-24(29)31-16-22(30)26-21-11-7-6-10-20(21)25/h3-15H,2,16H2,1H3,(H,26,30). The van der Waals surface area contributed by atoms with Crippen LogP contribution >= 0.6 is 11.8 Å². The molecule has 0 aliphatic carbocycles. The van der Waals surface area contributed by atoms with Gasteiger partial charge in [0, 0.05) is 11.3 Å². The van der Waals surface area contributed by atoms with E-state index in [1.807, 2.05) is 47.0 Å². The predicted molar refractivity (Wildman–Crippen MR) is 122 cm³/mol. The number of anilines is 1. The number of nitrogens with one attached hydrogen (secondary N) is 1. The zero-order valence-electron chi connectivity index (χ0n) is 17.0. The molecule has 0 aliphatic heterocycles. The molecule has 3 aromatic carbocycles. The number of halogens is 1. The van der Waals surface area contributed by atoms with Gasteiger partial charge in [-0.05, 0) is 36.2 Å². The summed E-state index contributed by atoms with van der Waals surface area (Å²) in [4.78, 5) is 12.4. The highest BCUT2D eigenvalue weighted by Gasteiger charge is 2.17. The molecule has 5 nitrogen and oxygen atoms in total. The predicted octanol–water partition coefficient (Wildman–Crippen LogP) is 5.37. The lowest BCUT2D eigenvalue weighted by atomic mass is 10.1. The summed E-state index contributed by atoms with van der Waals surface area (Å²) in [7, 11) is 0. The molecule has 0 radical (unpaired) electrons. The number of aryl methyl sites for hydroxylation is 1. The zero-order valence-corrected chi connectivity index (χ0v) is 17.8. The first kappa shape index (κ1) is 20.8. The molecule has 4 aromatic rings. The van der Waals surface area contributed by atoms with Crippen LogP contribution in [0.15, 0.2) is 84.0 Å². The molecule has 31 heavy (non-hydrogen) atoms. The summed E-state index contributed by atoms with van der Waals surface area (Å²) in [6, 6.07) is 24.1. The van der Waals surface area contributed by atoms with Crippen LogP contribution in [0, 0.1) is 5.82 Å². The monoisotopic (exact) mass is 432 g/mol. The van der Waals surface area contributed by atoms with Gasteiger partial charge in [0.25, 0.3) is 0 Å². The lowest BCUT2D eigenvalue weighted by molar-refractivity contribution is -0.113. The van der Waals surface area contributed by atoms with E-state index in [0.29, 0.717) is 11.0 Å². The average Bonchev–Trinajstić information content (AvgIpc) is 3.24. The van der Waals surface area contributed by atoms with E-state index in [4.69, 9.17) is 0 Å². The topological polar surface area (TPSA) is 59.8 Å². The van der Waals surface area contributed by atoms with Gasteiger partial charge in [0.15, 0.2) is 11.0 Å². The zero-order chi connectivity index (χ0) is 21.6. The number of carbonyl (C=O) groups is 1. The van der Waals surface area contributed by atoms with Gasteiger partial charge in [-0.15, -0.1) is 10.2 Å². The van der Waals surface area contributed by atoms with Gasteiger partial charge >= 0.3 is 0 Å². The van der Waals surface area contributed by atoms with Crippen molar-refractivity contribution in [1.82, 2.24) is 14.8 Å². The molecule has 0 saturated carbocycles. The number of para-hydroxylation sites is 1. The Balaban J connectivity index is 1.60. The van der Waals surface area contributed by atoms with Gasteiger partial charge in [0.05, 0.1) is 11.4 Å². The molecule has 0 atom stereocenters. The average molecular weight is 433 g/mol. The minimum atomic E-state index is -0.466. The fourth-order valence-corrected chi connectivity index (χ4v) is 3.88. The minimum absolute atomic E-state index is 0.0777. The summed E-state index contributed by atoms with van der Waals surface area (Å²) in [5.74, 6) is -0.00519. The van der Waals surface area contributed by atoms with Gasteiger partial charge in [-0.1, -0.05) is 73.3 Å². The van der Waals surface area contributed by atoms with Crippen molar-refractivity contribution >= 4 is 23.4 Å². The highest BCUT2D eigenvalue weighted by Crippen LogP contribution is 2.28. The number of thioether (sulfide) groups is 1. The number of benzene rings is 3. The maximum absolute atomic E-state index is 13.8. The number of hydrogen-bond donors (Lipinski definition) is 1. The van der Waals surface area contributed by atoms with E-state index < -0.39 is 5.82 Å². The highest BCUT2D eigenvalue weighted by atomic mass is 32.2. The first-order valence-corrected chi connectivity index (χ1v) is 10.9. The smallest absolute Gasteiger partial charge is 0.234 e. The molecule has 0 aliphatic rings. The first-order chi connectivity index (χ1) is 15.2. The second-order valence-electron chi connectivity index (χ2n) is 6.84. The van der Waals surface area contributed by atoms with Crippen molar-refractivity contribution in [2.24, 2.45) is 0 Å². The third kappa shape index (κ3) is 4.83. The van der Waals surface area contributed by atoms with Gasteiger partial charge in [-0.3, -0.25) is 9.36 Å². The van der Waals surface area contributed by atoms with Gasteiger partial charge in [-0.25, -0.2) is 4.39 Å². The molecule has 0 bridgehead atoms. The third-order valence-electron chi connectivity index (χ3n) is 4.75. The summed E-state index contributed by atoms with van der Waals surface area (Å²) in [6.45, 7) is 2.11. The summed E-state index contributed by atoms with van der Waals surface area (Å²) in [5, 5.41) is 11.9. The van der Waals surface area contributed by atoms with Crippen molar-refractivity contribution in [3.63, 3.8) is 0 Å². The molecule has 1 aromatic heterocycles. The molecule has 1 heterocycles. The van der Waals surface area contributed by atoms with Crippen LogP contribution in [0.2, 0.25) is 0 Å². The van der Waals surface area contributed by atoms with E-state index in [9.17, 15) is 9.18 Å². The lowest BCUT2D eigenvalue weighted by Gasteiger charge is -2.11. The third-order valence-corrected chi connectivity index (χ3v) is 5.68. The Labute approximate surface area is 184 Å². The number of rotatable bonds is 7. The minimum Gasteiger partial charge on any atom is -0.323 e. The molecule has 1 amide bonds. The fraction of sp³-hybridized carbons (Fsp3) is 0.125. The van der Waals surface area contributed by atoms with Gasteiger partial charge in [0.2, 0.25) is 5.91 Å². The van der Waals surface area contributed by atoms with E-state index in [2.05, 4.69) is 34.6 Å². The molecule has 1 N–H and O–H groups in total. The number of amides is 1. The highest BCUT2D eigenvalue weighted by molar-refractivity contribution is 7.99. The molecule has 0 unspecified atom stereocenters. The van der Waals surface area contributed by atoms with Gasteiger partial charge in [-0.2, -0.15) is 0 Å². The van der Waals surface area contributed by atoms with Crippen LogP contribution < -0.4 is 5.32 Å². The summed E-state index contributed by atoms with van der Waals surface area (Å²) in [5.41, 5.74) is 3.24. The fourth-order valence-electron chi connectivity index (χ4n) is 3.13. The van der Waals surface area contributed by atoms with Crippen molar-refractivity contribution in [3.8, 4) is 17.1 Å². The number of carbonyl (C=O) groups excluding carboxylic acids is 1. The Hall–Kier alpha value is -3.45. The summed E-state index contributed by atoms with van der Waals surface area (Å²) in [6.07, 6.45) is 0.950. The van der Waals surface area contributed by atoms with Crippen molar-refractivity contribution < 1.29 is 9.18 Å².